The Balaban J connectivity index is 2.48. The molecule has 0 spiro atoms. The zero-order valence-electron chi connectivity index (χ0n) is 11.4. The first-order valence-electron chi connectivity index (χ1n) is 6.49. The van der Waals surface area contributed by atoms with Gasteiger partial charge < -0.3 is 4.74 Å². The molecule has 1 fully saturated rings. The minimum Gasteiger partial charge on any atom is -0.462 e. The van der Waals surface area contributed by atoms with Crippen molar-refractivity contribution >= 4 is 5.97 Å². The highest BCUT2D eigenvalue weighted by molar-refractivity contribution is 5.69. The van der Waals surface area contributed by atoms with E-state index in [1.165, 1.54) is 12.8 Å². The predicted molar refractivity (Wildman–Crippen MR) is 66.1 cm³/mol. The molecular formula is C14H26O2. The average molecular weight is 226 g/mol. The number of carbonyl (C=O) groups is 1. The van der Waals surface area contributed by atoms with Gasteiger partial charge in [-0.2, -0.15) is 0 Å². The van der Waals surface area contributed by atoms with Crippen molar-refractivity contribution in [1.82, 2.24) is 0 Å². The van der Waals surface area contributed by atoms with E-state index in [1.807, 2.05) is 0 Å². The molecule has 94 valence electrons. The van der Waals surface area contributed by atoms with Crippen molar-refractivity contribution in [2.45, 2.75) is 66.4 Å². The van der Waals surface area contributed by atoms with Gasteiger partial charge >= 0.3 is 5.97 Å². The summed E-state index contributed by atoms with van der Waals surface area (Å²) in [6.45, 7) is 10.8. The molecule has 1 aliphatic carbocycles. The highest BCUT2D eigenvalue weighted by Gasteiger charge is 2.34. The second kappa shape index (κ2) is 5.20. The molecule has 0 aromatic rings. The van der Waals surface area contributed by atoms with Crippen molar-refractivity contribution in [3.05, 3.63) is 0 Å². The Morgan fingerprint density at radius 2 is 2.06 bits per heavy atom. The SMILES string of the molecule is CC(C)CC(=O)OC1CC(C)(C)CCC1C. The second-order valence-electron chi connectivity index (χ2n) is 6.51. The van der Waals surface area contributed by atoms with E-state index in [2.05, 4.69) is 34.6 Å². The number of hydrogen-bond acceptors (Lipinski definition) is 2. The molecule has 0 aromatic carbocycles. The molecule has 2 heteroatoms. The van der Waals surface area contributed by atoms with E-state index in [1.54, 1.807) is 0 Å². The lowest BCUT2D eigenvalue weighted by atomic mass is 9.72. The van der Waals surface area contributed by atoms with E-state index in [9.17, 15) is 4.79 Å². The van der Waals surface area contributed by atoms with Gasteiger partial charge in [-0.15, -0.1) is 0 Å². The number of carbonyl (C=O) groups excluding carboxylic acids is 1. The molecule has 0 heterocycles. The molecule has 1 aliphatic rings. The largest absolute Gasteiger partial charge is 0.462 e. The summed E-state index contributed by atoms with van der Waals surface area (Å²) in [4.78, 5) is 11.7. The zero-order valence-corrected chi connectivity index (χ0v) is 11.4. The van der Waals surface area contributed by atoms with Gasteiger partial charge in [0.25, 0.3) is 0 Å². The number of esters is 1. The van der Waals surface area contributed by atoms with E-state index < -0.39 is 0 Å². The molecule has 0 radical (unpaired) electrons. The minimum atomic E-state index is -0.0236. The van der Waals surface area contributed by atoms with Gasteiger partial charge in [-0.3, -0.25) is 4.79 Å². The van der Waals surface area contributed by atoms with Crippen LogP contribution in [0.2, 0.25) is 0 Å². The third kappa shape index (κ3) is 4.15. The van der Waals surface area contributed by atoms with Crippen molar-refractivity contribution < 1.29 is 9.53 Å². The number of ether oxygens (including phenoxy) is 1. The Morgan fingerprint density at radius 3 is 2.62 bits per heavy atom. The highest BCUT2D eigenvalue weighted by Crippen LogP contribution is 2.39. The fourth-order valence-electron chi connectivity index (χ4n) is 2.36. The van der Waals surface area contributed by atoms with Gasteiger partial charge in [-0.05, 0) is 36.5 Å². The molecular weight excluding hydrogens is 200 g/mol. The fraction of sp³-hybridized carbons (Fsp3) is 0.929. The fourth-order valence-corrected chi connectivity index (χ4v) is 2.36. The van der Waals surface area contributed by atoms with Crippen LogP contribution in [0.25, 0.3) is 0 Å². The lowest BCUT2D eigenvalue weighted by Gasteiger charge is -2.38. The highest BCUT2D eigenvalue weighted by atomic mass is 16.5. The lowest BCUT2D eigenvalue weighted by molar-refractivity contribution is -0.156. The smallest absolute Gasteiger partial charge is 0.306 e. The van der Waals surface area contributed by atoms with Crippen LogP contribution in [0, 0.1) is 17.3 Å². The van der Waals surface area contributed by atoms with Crippen LogP contribution in [0.5, 0.6) is 0 Å². The summed E-state index contributed by atoms with van der Waals surface area (Å²) in [5.41, 5.74) is 0.329. The van der Waals surface area contributed by atoms with Crippen molar-refractivity contribution in [2.75, 3.05) is 0 Å². The van der Waals surface area contributed by atoms with Crippen LogP contribution >= 0.6 is 0 Å². The van der Waals surface area contributed by atoms with Crippen LogP contribution in [0.4, 0.5) is 0 Å². The Bertz CT molecular complexity index is 243. The molecule has 0 amide bonds. The monoisotopic (exact) mass is 226 g/mol. The third-order valence-electron chi connectivity index (χ3n) is 3.52. The molecule has 0 aromatic heterocycles. The van der Waals surface area contributed by atoms with E-state index in [4.69, 9.17) is 4.74 Å². The summed E-state index contributed by atoms with van der Waals surface area (Å²) in [5.74, 6) is 0.882. The summed E-state index contributed by atoms with van der Waals surface area (Å²) in [6.07, 6.45) is 4.11. The average Bonchev–Trinajstić information content (AvgIpc) is 2.09. The molecule has 0 saturated heterocycles. The molecule has 2 nitrogen and oxygen atoms in total. The van der Waals surface area contributed by atoms with Crippen LogP contribution in [-0.2, 0) is 9.53 Å². The maximum absolute atomic E-state index is 11.7. The molecule has 0 bridgehead atoms. The molecule has 2 unspecified atom stereocenters. The van der Waals surface area contributed by atoms with E-state index in [-0.39, 0.29) is 12.1 Å². The molecule has 16 heavy (non-hydrogen) atoms. The topological polar surface area (TPSA) is 26.3 Å². The Kier molecular flexibility index (Phi) is 4.40. The number of hydrogen-bond donors (Lipinski definition) is 0. The second-order valence-corrected chi connectivity index (χ2v) is 6.51. The molecule has 0 aliphatic heterocycles. The lowest BCUT2D eigenvalue weighted by Crippen LogP contribution is -2.36. The van der Waals surface area contributed by atoms with Gasteiger partial charge in [-0.1, -0.05) is 34.6 Å². The van der Waals surface area contributed by atoms with Gasteiger partial charge in [0.2, 0.25) is 0 Å². The molecule has 1 rings (SSSR count). The molecule has 2 atom stereocenters. The Labute approximate surface area is 99.8 Å². The first kappa shape index (κ1) is 13.5. The predicted octanol–water partition coefficient (Wildman–Crippen LogP) is 3.79. The van der Waals surface area contributed by atoms with Crippen molar-refractivity contribution in [2.24, 2.45) is 17.3 Å². The normalized spacial score (nSPS) is 29.1. The van der Waals surface area contributed by atoms with Crippen LogP contribution in [0.3, 0.4) is 0 Å². The van der Waals surface area contributed by atoms with Crippen molar-refractivity contribution in [3.8, 4) is 0 Å². The maximum Gasteiger partial charge on any atom is 0.306 e. The Hall–Kier alpha value is -0.530. The van der Waals surface area contributed by atoms with Crippen LogP contribution in [0.1, 0.15) is 60.3 Å². The summed E-state index contributed by atoms with van der Waals surface area (Å²) in [7, 11) is 0. The van der Waals surface area contributed by atoms with Crippen LogP contribution in [-0.4, -0.2) is 12.1 Å². The van der Waals surface area contributed by atoms with Gasteiger partial charge in [0.1, 0.15) is 6.10 Å². The van der Waals surface area contributed by atoms with Gasteiger partial charge in [-0.25, -0.2) is 0 Å². The first-order valence-corrected chi connectivity index (χ1v) is 6.49. The minimum absolute atomic E-state index is 0.0236. The van der Waals surface area contributed by atoms with E-state index in [0.717, 1.165) is 6.42 Å². The standard InChI is InChI=1S/C14H26O2/c1-10(2)8-13(15)16-12-9-14(4,5)7-6-11(12)3/h10-12H,6-9H2,1-5H3. The van der Waals surface area contributed by atoms with Crippen molar-refractivity contribution in [1.29, 1.82) is 0 Å². The summed E-state index contributed by atoms with van der Waals surface area (Å²) >= 11 is 0. The quantitative estimate of drug-likeness (QED) is 0.684. The van der Waals surface area contributed by atoms with E-state index in [0.29, 0.717) is 23.7 Å². The van der Waals surface area contributed by atoms with Crippen molar-refractivity contribution in [3.63, 3.8) is 0 Å². The van der Waals surface area contributed by atoms with E-state index >= 15 is 0 Å². The zero-order chi connectivity index (χ0) is 12.3. The maximum atomic E-state index is 11.7. The van der Waals surface area contributed by atoms with Gasteiger partial charge in [0.05, 0.1) is 0 Å². The summed E-state index contributed by atoms with van der Waals surface area (Å²) < 4.78 is 5.61. The first-order chi connectivity index (χ1) is 7.30. The molecule has 1 saturated carbocycles. The van der Waals surface area contributed by atoms with Gasteiger partial charge in [0, 0.05) is 6.42 Å². The summed E-state index contributed by atoms with van der Waals surface area (Å²) in [5, 5.41) is 0. The summed E-state index contributed by atoms with van der Waals surface area (Å²) in [6, 6.07) is 0. The van der Waals surface area contributed by atoms with Crippen LogP contribution in [0.15, 0.2) is 0 Å². The Morgan fingerprint density at radius 1 is 1.44 bits per heavy atom. The molecule has 0 N–H and O–H groups in total. The van der Waals surface area contributed by atoms with Crippen LogP contribution < -0.4 is 0 Å². The third-order valence-corrected chi connectivity index (χ3v) is 3.52. The van der Waals surface area contributed by atoms with Gasteiger partial charge in [0.15, 0.2) is 0 Å². The number of rotatable bonds is 3.